The molecule has 0 spiro atoms. The number of hydrogen-bond donors (Lipinski definition) is 2. The molecule has 0 aliphatic carbocycles. The van der Waals surface area contributed by atoms with Crippen LogP contribution < -0.4 is 15.8 Å². The summed E-state index contributed by atoms with van der Waals surface area (Å²) >= 11 is 3.25. The van der Waals surface area contributed by atoms with E-state index in [1.54, 1.807) is 12.3 Å². The molecule has 2 aromatic rings. The van der Waals surface area contributed by atoms with E-state index in [0.29, 0.717) is 11.4 Å². The van der Waals surface area contributed by atoms with Crippen LogP contribution in [0, 0.1) is 5.82 Å². The maximum Gasteiger partial charge on any atom is 0.262 e. The van der Waals surface area contributed by atoms with E-state index < -0.39 is 5.82 Å². The van der Waals surface area contributed by atoms with Crippen molar-refractivity contribution in [3.8, 4) is 5.75 Å². The summed E-state index contributed by atoms with van der Waals surface area (Å²) in [7, 11) is 0. The van der Waals surface area contributed by atoms with Crippen LogP contribution in [0.3, 0.4) is 0 Å². The fourth-order valence-corrected chi connectivity index (χ4v) is 1.78. The minimum atomic E-state index is -0.528. The predicted octanol–water partition coefficient (Wildman–Crippen LogP) is 2.58. The van der Waals surface area contributed by atoms with Gasteiger partial charge in [0.2, 0.25) is 0 Å². The number of amides is 1. The molecule has 7 heteroatoms. The Hall–Kier alpha value is -2.15. The highest BCUT2D eigenvalue weighted by Gasteiger charge is 2.06. The van der Waals surface area contributed by atoms with Crippen LogP contribution in [0.1, 0.15) is 0 Å². The summed E-state index contributed by atoms with van der Waals surface area (Å²) in [4.78, 5) is 15.6. The van der Waals surface area contributed by atoms with Gasteiger partial charge in [-0.05, 0) is 40.2 Å². The number of anilines is 2. The summed E-state index contributed by atoms with van der Waals surface area (Å²) in [5.41, 5.74) is 5.79. The van der Waals surface area contributed by atoms with Crippen LogP contribution in [0.15, 0.2) is 41.1 Å². The molecule has 0 radical (unpaired) electrons. The number of rotatable bonds is 4. The molecule has 104 valence electrons. The molecule has 0 saturated heterocycles. The number of carbonyl (C=O) groups is 1. The highest BCUT2D eigenvalue weighted by Crippen LogP contribution is 2.17. The van der Waals surface area contributed by atoms with Crippen molar-refractivity contribution >= 4 is 33.2 Å². The number of benzene rings is 1. The number of carbonyl (C=O) groups excluding carboxylic acids is 1. The topological polar surface area (TPSA) is 77.2 Å². The first-order valence-corrected chi connectivity index (χ1v) is 6.42. The van der Waals surface area contributed by atoms with Crippen molar-refractivity contribution in [3.05, 3.63) is 46.9 Å². The third-order valence-corrected chi connectivity index (χ3v) is 2.76. The Bertz CT molecular complexity index is 637. The van der Waals surface area contributed by atoms with Crippen LogP contribution in [0.25, 0.3) is 0 Å². The number of hydrogen-bond acceptors (Lipinski definition) is 4. The first-order chi connectivity index (χ1) is 9.54. The van der Waals surface area contributed by atoms with E-state index in [9.17, 15) is 9.18 Å². The minimum absolute atomic E-state index is 0.0279. The summed E-state index contributed by atoms with van der Waals surface area (Å²) in [5.74, 6) is -0.441. The molecular weight excluding hydrogens is 329 g/mol. The number of ether oxygens (including phenoxy) is 1. The van der Waals surface area contributed by atoms with Gasteiger partial charge in [0.25, 0.3) is 5.91 Å². The lowest BCUT2D eigenvalue weighted by molar-refractivity contribution is -0.118. The van der Waals surface area contributed by atoms with Crippen molar-refractivity contribution in [2.24, 2.45) is 0 Å². The molecule has 1 aromatic heterocycles. The highest BCUT2D eigenvalue weighted by atomic mass is 79.9. The van der Waals surface area contributed by atoms with E-state index in [0.717, 1.165) is 4.47 Å². The average Bonchev–Trinajstić information content (AvgIpc) is 2.41. The zero-order chi connectivity index (χ0) is 14.5. The maximum absolute atomic E-state index is 13.0. The number of nitrogen functional groups attached to an aromatic ring is 1. The summed E-state index contributed by atoms with van der Waals surface area (Å²) in [5, 5.41) is 2.55. The molecule has 3 N–H and O–H groups in total. The highest BCUT2D eigenvalue weighted by molar-refractivity contribution is 9.10. The molecule has 1 amide bonds. The second-order valence-corrected chi connectivity index (χ2v) is 4.83. The number of nitrogens with one attached hydrogen (secondary N) is 1. The Kier molecular flexibility index (Phi) is 4.52. The molecule has 0 fully saturated rings. The van der Waals surface area contributed by atoms with E-state index in [1.807, 2.05) is 0 Å². The number of nitrogens with two attached hydrogens (primary N) is 1. The average molecular weight is 340 g/mol. The zero-order valence-corrected chi connectivity index (χ0v) is 11.9. The largest absolute Gasteiger partial charge is 0.482 e. The molecule has 0 atom stereocenters. The Morgan fingerprint density at radius 3 is 2.90 bits per heavy atom. The Morgan fingerprint density at radius 1 is 1.40 bits per heavy atom. The second-order valence-electron chi connectivity index (χ2n) is 3.91. The zero-order valence-electron chi connectivity index (χ0n) is 10.3. The van der Waals surface area contributed by atoms with Crippen LogP contribution >= 0.6 is 15.9 Å². The lowest BCUT2D eigenvalue weighted by Crippen LogP contribution is -2.20. The van der Waals surface area contributed by atoms with Gasteiger partial charge in [0.05, 0.1) is 11.9 Å². The van der Waals surface area contributed by atoms with Gasteiger partial charge in [0.15, 0.2) is 6.61 Å². The number of nitrogens with zero attached hydrogens (tertiary/aromatic N) is 1. The van der Waals surface area contributed by atoms with Crippen molar-refractivity contribution in [1.82, 2.24) is 4.98 Å². The molecule has 1 heterocycles. The predicted molar refractivity (Wildman–Crippen MR) is 76.9 cm³/mol. The van der Waals surface area contributed by atoms with Crippen LogP contribution in [-0.2, 0) is 4.79 Å². The first-order valence-electron chi connectivity index (χ1n) is 5.63. The van der Waals surface area contributed by atoms with E-state index in [2.05, 4.69) is 26.2 Å². The minimum Gasteiger partial charge on any atom is -0.482 e. The van der Waals surface area contributed by atoms with Crippen LogP contribution in [0.2, 0.25) is 0 Å². The Balaban J connectivity index is 1.91. The molecule has 0 aliphatic rings. The molecule has 0 bridgehead atoms. The second kappa shape index (κ2) is 6.33. The SMILES string of the molecule is Nc1cc(NC(=O)COc2cncc(Br)c2)ccc1F. The standard InChI is InChI=1S/C13H11BrFN3O2/c14-8-3-10(6-17-5-8)20-7-13(19)18-9-1-2-11(15)12(16)4-9/h1-6H,7,16H2,(H,18,19). The number of aromatic nitrogens is 1. The molecule has 1 aromatic carbocycles. The van der Waals surface area contributed by atoms with Gasteiger partial charge < -0.3 is 15.8 Å². The van der Waals surface area contributed by atoms with Crippen LogP contribution in [-0.4, -0.2) is 17.5 Å². The summed E-state index contributed by atoms with van der Waals surface area (Å²) in [6.07, 6.45) is 3.10. The van der Waals surface area contributed by atoms with Gasteiger partial charge in [-0.1, -0.05) is 0 Å². The maximum atomic E-state index is 13.0. The van der Waals surface area contributed by atoms with Gasteiger partial charge in [-0.3, -0.25) is 9.78 Å². The van der Waals surface area contributed by atoms with Crippen LogP contribution in [0.4, 0.5) is 15.8 Å². The quantitative estimate of drug-likeness (QED) is 0.839. The summed E-state index contributed by atoms with van der Waals surface area (Å²) in [6, 6.07) is 5.64. The fourth-order valence-electron chi connectivity index (χ4n) is 1.44. The van der Waals surface area contributed by atoms with Gasteiger partial charge in [-0.15, -0.1) is 0 Å². The lowest BCUT2D eigenvalue weighted by atomic mass is 10.2. The monoisotopic (exact) mass is 339 g/mol. The Labute approximate surface area is 123 Å². The molecule has 2 rings (SSSR count). The van der Waals surface area contributed by atoms with Gasteiger partial charge in [0.1, 0.15) is 11.6 Å². The van der Waals surface area contributed by atoms with Gasteiger partial charge in [-0.25, -0.2) is 4.39 Å². The van der Waals surface area contributed by atoms with Gasteiger partial charge in [-0.2, -0.15) is 0 Å². The normalized spacial score (nSPS) is 10.1. The van der Waals surface area contributed by atoms with Crippen LogP contribution in [0.5, 0.6) is 5.75 Å². The molecule has 5 nitrogen and oxygen atoms in total. The molecular formula is C13H11BrFN3O2. The Morgan fingerprint density at radius 2 is 2.20 bits per heavy atom. The van der Waals surface area contributed by atoms with Gasteiger partial charge in [0, 0.05) is 16.4 Å². The van der Waals surface area contributed by atoms with E-state index in [-0.39, 0.29) is 18.2 Å². The summed E-state index contributed by atoms with van der Waals surface area (Å²) < 4.78 is 19.0. The summed E-state index contributed by atoms with van der Waals surface area (Å²) in [6.45, 7) is -0.185. The third-order valence-electron chi connectivity index (χ3n) is 2.33. The van der Waals surface area contributed by atoms with Crippen molar-refractivity contribution in [2.75, 3.05) is 17.7 Å². The third kappa shape index (κ3) is 3.92. The number of pyridine rings is 1. The molecule has 0 aliphatic heterocycles. The van der Waals surface area contributed by atoms with Crippen molar-refractivity contribution < 1.29 is 13.9 Å². The van der Waals surface area contributed by atoms with E-state index in [4.69, 9.17) is 10.5 Å². The van der Waals surface area contributed by atoms with Crippen molar-refractivity contribution in [2.45, 2.75) is 0 Å². The fraction of sp³-hybridized carbons (Fsp3) is 0.0769. The van der Waals surface area contributed by atoms with Crippen molar-refractivity contribution in [3.63, 3.8) is 0 Å². The van der Waals surface area contributed by atoms with Crippen molar-refractivity contribution in [1.29, 1.82) is 0 Å². The van der Waals surface area contributed by atoms with E-state index in [1.165, 1.54) is 24.4 Å². The lowest BCUT2D eigenvalue weighted by Gasteiger charge is -2.08. The molecule has 0 saturated carbocycles. The smallest absolute Gasteiger partial charge is 0.262 e. The molecule has 0 unspecified atom stereocenters. The number of halogens is 2. The first kappa shape index (κ1) is 14.3. The van der Waals surface area contributed by atoms with E-state index >= 15 is 0 Å². The van der Waals surface area contributed by atoms with Gasteiger partial charge >= 0.3 is 0 Å². The molecule has 20 heavy (non-hydrogen) atoms.